The van der Waals surface area contributed by atoms with E-state index in [2.05, 4.69) is 0 Å². The lowest BCUT2D eigenvalue weighted by atomic mass is 9.97. The van der Waals surface area contributed by atoms with Gasteiger partial charge in [0.25, 0.3) is 0 Å². The number of esters is 1. The zero-order chi connectivity index (χ0) is 16.6. The van der Waals surface area contributed by atoms with Crippen LogP contribution in [-0.4, -0.2) is 36.0 Å². The number of hydrogen-bond donors (Lipinski definition) is 1. The summed E-state index contributed by atoms with van der Waals surface area (Å²) < 4.78 is 4.83. The highest BCUT2D eigenvalue weighted by atomic mass is 35.5. The van der Waals surface area contributed by atoms with Crippen LogP contribution in [0.4, 0.5) is 5.69 Å². The van der Waals surface area contributed by atoms with Gasteiger partial charge in [0.15, 0.2) is 0 Å². The summed E-state index contributed by atoms with van der Waals surface area (Å²) >= 11 is 6.05. The molecule has 23 heavy (non-hydrogen) atoms. The fourth-order valence-corrected chi connectivity index (χ4v) is 3.68. The van der Waals surface area contributed by atoms with E-state index in [-0.39, 0.29) is 17.9 Å². The number of allylic oxidation sites excluding steroid dienone is 1. The molecule has 6 heteroatoms. The van der Waals surface area contributed by atoms with Gasteiger partial charge in [-0.25, -0.2) is 4.79 Å². The minimum absolute atomic E-state index is 0.0701. The molecule has 2 atom stereocenters. The van der Waals surface area contributed by atoms with Crippen LogP contribution in [-0.2, 0) is 14.3 Å². The Balaban J connectivity index is 1.94. The van der Waals surface area contributed by atoms with E-state index >= 15 is 0 Å². The van der Waals surface area contributed by atoms with Crippen molar-refractivity contribution in [3.8, 4) is 0 Å². The van der Waals surface area contributed by atoms with Crippen LogP contribution >= 0.6 is 11.6 Å². The number of nitrogens with two attached hydrogens (primary N) is 1. The second-order valence-electron chi connectivity index (χ2n) is 5.96. The average molecular weight is 335 g/mol. The lowest BCUT2D eigenvalue weighted by Gasteiger charge is -2.26. The van der Waals surface area contributed by atoms with Gasteiger partial charge in [0.05, 0.1) is 7.11 Å². The predicted octanol–water partition coefficient (Wildman–Crippen LogP) is 2.63. The zero-order valence-electron chi connectivity index (χ0n) is 12.9. The maximum atomic E-state index is 12.7. The molecule has 2 N–H and O–H groups in total. The van der Waals surface area contributed by atoms with Gasteiger partial charge in [-0.3, -0.25) is 4.79 Å². The van der Waals surface area contributed by atoms with Crippen molar-refractivity contribution in [3.63, 3.8) is 0 Å². The van der Waals surface area contributed by atoms with E-state index in [1.165, 1.54) is 7.11 Å². The van der Waals surface area contributed by atoms with Gasteiger partial charge in [-0.2, -0.15) is 0 Å². The van der Waals surface area contributed by atoms with Crippen LogP contribution in [0, 0.1) is 0 Å². The number of carbonyl (C=O) groups is 2. The fraction of sp³-hybridized carbons (Fsp3) is 0.412. The highest BCUT2D eigenvalue weighted by Gasteiger charge is 2.41. The van der Waals surface area contributed by atoms with Crippen LogP contribution in [0.5, 0.6) is 0 Å². The zero-order valence-corrected chi connectivity index (χ0v) is 13.7. The number of fused-ring (bicyclic) bond motifs is 1. The van der Waals surface area contributed by atoms with E-state index in [0.29, 0.717) is 17.1 Å². The highest BCUT2D eigenvalue weighted by molar-refractivity contribution is 6.30. The third-order valence-corrected chi connectivity index (χ3v) is 4.87. The summed E-state index contributed by atoms with van der Waals surface area (Å²) in [6.07, 6.45) is 4.59. The molecule has 1 aromatic carbocycles. The maximum absolute atomic E-state index is 12.7. The Morgan fingerprint density at radius 3 is 2.87 bits per heavy atom. The van der Waals surface area contributed by atoms with Gasteiger partial charge in [-0.1, -0.05) is 11.6 Å². The smallest absolute Gasteiger partial charge is 0.328 e. The molecule has 2 heterocycles. The van der Waals surface area contributed by atoms with Crippen molar-refractivity contribution in [2.24, 2.45) is 0 Å². The molecule has 0 aliphatic carbocycles. The molecule has 0 spiro atoms. The number of ether oxygens (including phenoxy) is 1. The summed E-state index contributed by atoms with van der Waals surface area (Å²) in [5, 5.41) is 0.583. The maximum Gasteiger partial charge on any atom is 0.328 e. The standard InChI is InChI=1S/C17H19ClN2O3/c1-23-17(22)15-7-5-12-4-2-10(8-16(21)20(12)15)13-9-11(18)3-6-14(13)19/h3,6,8-9,12,15H,2,4-5,7,19H2,1H3/t12-,15-/m0/s1. The van der Waals surface area contributed by atoms with Crippen molar-refractivity contribution < 1.29 is 14.3 Å². The number of amides is 1. The fourth-order valence-electron chi connectivity index (χ4n) is 3.50. The Kier molecular flexibility index (Phi) is 4.31. The van der Waals surface area contributed by atoms with Gasteiger partial charge in [-0.15, -0.1) is 0 Å². The van der Waals surface area contributed by atoms with Gasteiger partial charge >= 0.3 is 5.97 Å². The largest absolute Gasteiger partial charge is 0.467 e. The number of anilines is 1. The lowest BCUT2D eigenvalue weighted by molar-refractivity contribution is -0.150. The third kappa shape index (κ3) is 2.93. The topological polar surface area (TPSA) is 72.6 Å². The van der Waals surface area contributed by atoms with E-state index in [1.807, 2.05) is 0 Å². The second kappa shape index (κ2) is 6.24. The molecule has 0 radical (unpaired) electrons. The molecular weight excluding hydrogens is 316 g/mol. The van der Waals surface area contributed by atoms with E-state index in [4.69, 9.17) is 22.1 Å². The number of hydrogen-bond acceptors (Lipinski definition) is 4. The number of methoxy groups -OCH3 is 1. The van der Waals surface area contributed by atoms with Crippen LogP contribution in [0.15, 0.2) is 24.3 Å². The minimum Gasteiger partial charge on any atom is -0.467 e. The van der Waals surface area contributed by atoms with Crippen LogP contribution in [0.2, 0.25) is 5.02 Å². The quantitative estimate of drug-likeness (QED) is 0.666. The van der Waals surface area contributed by atoms with Crippen molar-refractivity contribution in [1.82, 2.24) is 4.90 Å². The second-order valence-corrected chi connectivity index (χ2v) is 6.39. The van der Waals surface area contributed by atoms with Gasteiger partial charge in [0, 0.05) is 28.4 Å². The molecule has 0 unspecified atom stereocenters. The van der Waals surface area contributed by atoms with Crippen molar-refractivity contribution in [1.29, 1.82) is 0 Å². The van der Waals surface area contributed by atoms with Gasteiger partial charge in [0.1, 0.15) is 6.04 Å². The number of halogens is 1. The normalized spacial score (nSPS) is 24.0. The molecule has 2 aliphatic heterocycles. The molecule has 0 saturated carbocycles. The first-order valence-corrected chi connectivity index (χ1v) is 8.05. The Hall–Kier alpha value is -2.01. The Morgan fingerprint density at radius 1 is 1.35 bits per heavy atom. The molecule has 1 aromatic rings. The monoisotopic (exact) mass is 334 g/mol. The van der Waals surface area contributed by atoms with E-state index in [1.54, 1.807) is 29.2 Å². The Bertz CT molecular complexity index is 686. The van der Waals surface area contributed by atoms with Gasteiger partial charge in [-0.05, 0) is 49.5 Å². The van der Waals surface area contributed by atoms with E-state index < -0.39 is 6.04 Å². The molecule has 1 saturated heterocycles. The SMILES string of the molecule is COC(=O)[C@@H]1CC[C@@H]2CCC(c3cc(Cl)ccc3N)=CC(=O)N21. The summed E-state index contributed by atoms with van der Waals surface area (Å²) in [6.45, 7) is 0. The summed E-state index contributed by atoms with van der Waals surface area (Å²) in [7, 11) is 1.35. The average Bonchev–Trinajstić information content (AvgIpc) is 2.90. The van der Waals surface area contributed by atoms with Crippen molar-refractivity contribution in [2.75, 3.05) is 12.8 Å². The number of carbonyl (C=O) groups excluding carboxylic acids is 2. The number of rotatable bonds is 2. The van der Waals surface area contributed by atoms with Crippen molar-refractivity contribution in [3.05, 3.63) is 34.9 Å². The first-order chi connectivity index (χ1) is 11.0. The van der Waals surface area contributed by atoms with E-state index in [0.717, 1.165) is 30.4 Å². The van der Waals surface area contributed by atoms with Crippen LogP contribution in [0.25, 0.3) is 5.57 Å². The number of nitrogen functional groups attached to an aromatic ring is 1. The minimum atomic E-state index is -0.482. The number of benzene rings is 1. The first kappa shape index (κ1) is 15.9. The summed E-state index contributed by atoms with van der Waals surface area (Å²) in [4.78, 5) is 26.2. The Morgan fingerprint density at radius 2 is 2.13 bits per heavy atom. The summed E-state index contributed by atoms with van der Waals surface area (Å²) in [6, 6.07) is 4.84. The third-order valence-electron chi connectivity index (χ3n) is 4.64. The van der Waals surface area contributed by atoms with Crippen LogP contribution < -0.4 is 5.73 Å². The molecule has 3 rings (SSSR count). The predicted molar refractivity (Wildman–Crippen MR) is 88.7 cm³/mol. The van der Waals surface area contributed by atoms with Crippen LogP contribution in [0.1, 0.15) is 31.2 Å². The summed E-state index contributed by atoms with van der Waals surface area (Å²) in [5.74, 6) is -0.505. The summed E-state index contributed by atoms with van der Waals surface area (Å²) in [5.41, 5.74) is 8.29. The molecule has 0 bridgehead atoms. The lowest BCUT2D eigenvalue weighted by Crippen LogP contribution is -2.44. The Labute approximate surface area is 140 Å². The van der Waals surface area contributed by atoms with Crippen molar-refractivity contribution in [2.45, 2.75) is 37.8 Å². The van der Waals surface area contributed by atoms with Crippen molar-refractivity contribution >= 4 is 34.7 Å². The molecule has 122 valence electrons. The molecule has 5 nitrogen and oxygen atoms in total. The van der Waals surface area contributed by atoms with Crippen LogP contribution in [0.3, 0.4) is 0 Å². The van der Waals surface area contributed by atoms with E-state index in [9.17, 15) is 9.59 Å². The number of nitrogens with zero attached hydrogens (tertiary/aromatic N) is 1. The molecular formula is C17H19ClN2O3. The first-order valence-electron chi connectivity index (χ1n) is 7.67. The van der Waals surface area contributed by atoms with Gasteiger partial charge in [0.2, 0.25) is 5.91 Å². The molecule has 0 aromatic heterocycles. The molecule has 2 aliphatic rings. The molecule has 1 fully saturated rings. The van der Waals surface area contributed by atoms with Gasteiger partial charge < -0.3 is 15.4 Å². The molecule has 1 amide bonds. The highest BCUT2D eigenvalue weighted by Crippen LogP contribution is 2.36.